The van der Waals surface area contributed by atoms with Crippen molar-refractivity contribution in [3.63, 3.8) is 0 Å². The van der Waals surface area contributed by atoms with E-state index in [-0.39, 0.29) is 18.0 Å². The second-order valence-corrected chi connectivity index (χ2v) is 5.39. The van der Waals surface area contributed by atoms with Crippen LogP contribution in [0.1, 0.15) is 6.42 Å². The van der Waals surface area contributed by atoms with Gasteiger partial charge in [-0.2, -0.15) is 0 Å². The Kier molecular flexibility index (Phi) is 3.81. The Bertz CT molecular complexity index is 733. The minimum Gasteiger partial charge on any atom is -0.373 e. The zero-order valence-corrected chi connectivity index (χ0v) is 12.2. The lowest BCUT2D eigenvalue weighted by atomic mass is 10.2. The summed E-state index contributed by atoms with van der Waals surface area (Å²) in [5.74, 6) is -1.25. The van der Waals surface area contributed by atoms with Gasteiger partial charge in [0.25, 0.3) is 5.91 Å². The second kappa shape index (κ2) is 5.77. The first-order valence-electron chi connectivity index (χ1n) is 6.69. The van der Waals surface area contributed by atoms with Crippen LogP contribution in [0.3, 0.4) is 0 Å². The maximum Gasteiger partial charge on any atom is 0.256 e. The third kappa shape index (κ3) is 2.80. The lowest BCUT2D eigenvalue weighted by Crippen LogP contribution is -2.34. The Balaban J connectivity index is 1.81. The van der Waals surface area contributed by atoms with Gasteiger partial charge < -0.3 is 5.32 Å². The van der Waals surface area contributed by atoms with Crippen LogP contribution in [-0.4, -0.2) is 17.9 Å². The number of nitrogens with zero attached hydrogens (tertiary/aromatic N) is 1. The van der Waals surface area contributed by atoms with Gasteiger partial charge in [-0.05, 0) is 42.5 Å². The molecule has 112 valence electrons. The number of rotatable bonds is 3. The van der Waals surface area contributed by atoms with Crippen molar-refractivity contribution in [2.45, 2.75) is 12.5 Å². The molecule has 1 aliphatic rings. The van der Waals surface area contributed by atoms with Gasteiger partial charge in [-0.15, -0.1) is 0 Å². The molecule has 0 saturated carbocycles. The number of imide groups is 1. The lowest BCUT2D eigenvalue weighted by Gasteiger charge is -2.16. The van der Waals surface area contributed by atoms with Gasteiger partial charge >= 0.3 is 0 Å². The highest BCUT2D eigenvalue weighted by molar-refractivity contribution is 6.30. The molecule has 1 aliphatic heterocycles. The van der Waals surface area contributed by atoms with Crippen LogP contribution in [-0.2, 0) is 9.59 Å². The number of carbonyl (C=O) groups is 2. The van der Waals surface area contributed by atoms with E-state index in [1.165, 1.54) is 24.3 Å². The minimum absolute atomic E-state index is 0.0258. The molecule has 0 aromatic heterocycles. The fourth-order valence-corrected chi connectivity index (χ4v) is 2.50. The van der Waals surface area contributed by atoms with Crippen LogP contribution in [0.4, 0.5) is 15.8 Å². The molecule has 1 heterocycles. The van der Waals surface area contributed by atoms with Crippen LogP contribution in [0.5, 0.6) is 0 Å². The van der Waals surface area contributed by atoms with E-state index in [2.05, 4.69) is 5.32 Å². The lowest BCUT2D eigenvalue weighted by molar-refractivity contribution is -0.121. The smallest absolute Gasteiger partial charge is 0.256 e. The van der Waals surface area contributed by atoms with Gasteiger partial charge in [-0.25, -0.2) is 9.29 Å². The number of anilines is 2. The zero-order chi connectivity index (χ0) is 15.7. The van der Waals surface area contributed by atoms with Crippen molar-refractivity contribution < 1.29 is 14.0 Å². The first-order valence-corrected chi connectivity index (χ1v) is 7.07. The first-order chi connectivity index (χ1) is 10.5. The molecule has 1 fully saturated rings. The van der Waals surface area contributed by atoms with Crippen LogP contribution in [0.2, 0.25) is 5.02 Å². The summed E-state index contributed by atoms with van der Waals surface area (Å²) < 4.78 is 13.3. The molecule has 0 bridgehead atoms. The number of amides is 2. The molecular weight excluding hydrogens is 307 g/mol. The number of hydrogen-bond acceptors (Lipinski definition) is 3. The number of benzene rings is 2. The maximum absolute atomic E-state index is 13.3. The summed E-state index contributed by atoms with van der Waals surface area (Å²) >= 11 is 5.81. The summed E-state index contributed by atoms with van der Waals surface area (Å²) in [4.78, 5) is 25.5. The van der Waals surface area contributed by atoms with Crippen molar-refractivity contribution in [2.24, 2.45) is 0 Å². The van der Waals surface area contributed by atoms with Crippen molar-refractivity contribution in [1.29, 1.82) is 0 Å². The van der Waals surface area contributed by atoms with Crippen LogP contribution in [0, 0.1) is 5.82 Å². The Morgan fingerprint density at radius 2 is 1.86 bits per heavy atom. The van der Waals surface area contributed by atoms with Crippen LogP contribution < -0.4 is 10.2 Å². The van der Waals surface area contributed by atoms with Crippen LogP contribution in [0.15, 0.2) is 48.5 Å². The van der Waals surface area contributed by atoms with Crippen molar-refractivity contribution in [3.05, 3.63) is 59.4 Å². The fourth-order valence-electron chi connectivity index (χ4n) is 2.38. The van der Waals surface area contributed by atoms with Crippen molar-refractivity contribution in [1.82, 2.24) is 0 Å². The summed E-state index contributed by atoms with van der Waals surface area (Å²) in [5.41, 5.74) is 0.937. The quantitative estimate of drug-likeness (QED) is 0.884. The van der Waals surface area contributed by atoms with E-state index >= 15 is 0 Å². The zero-order valence-electron chi connectivity index (χ0n) is 11.4. The molecule has 1 N–H and O–H groups in total. The van der Waals surface area contributed by atoms with E-state index in [4.69, 9.17) is 11.6 Å². The maximum atomic E-state index is 13.3. The average Bonchev–Trinajstić information content (AvgIpc) is 2.76. The minimum atomic E-state index is -0.669. The summed E-state index contributed by atoms with van der Waals surface area (Å²) in [6.07, 6.45) is 0.0258. The molecule has 3 rings (SSSR count). The monoisotopic (exact) mass is 318 g/mol. The largest absolute Gasteiger partial charge is 0.373 e. The van der Waals surface area contributed by atoms with Gasteiger partial charge in [-0.1, -0.05) is 17.7 Å². The van der Waals surface area contributed by atoms with Gasteiger partial charge in [0, 0.05) is 10.7 Å². The predicted octanol–water partition coefficient (Wildman–Crippen LogP) is 3.22. The molecule has 22 heavy (non-hydrogen) atoms. The van der Waals surface area contributed by atoms with Crippen molar-refractivity contribution in [3.8, 4) is 0 Å². The van der Waals surface area contributed by atoms with Gasteiger partial charge in [0.2, 0.25) is 5.91 Å². The highest BCUT2D eigenvalue weighted by atomic mass is 35.5. The molecule has 1 atom stereocenters. The summed E-state index contributed by atoms with van der Waals surface area (Å²) in [5, 5.41) is 3.58. The third-order valence-corrected chi connectivity index (χ3v) is 3.65. The molecular formula is C16H12ClFN2O2. The number of hydrogen-bond donors (Lipinski definition) is 1. The van der Waals surface area contributed by atoms with E-state index in [0.717, 1.165) is 4.90 Å². The Hall–Kier alpha value is -2.40. The first kappa shape index (κ1) is 14.5. The van der Waals surface area contributed by atoms with E-state index in [1.54, 1.807) is 24.3 Å². The average molecular weight is 319 g/mol. The molecule has 2 aromatic carbocycles. The summed E-state index contributed by atoms with van der Waals surface area (Å²) in [7, 11) is 0. The van der Waals surface area contributed by atoms with Crippen LogP contribution >= 0.6 is 11.6 Å². The second-order valence-electron chi connectivity index (χ2n) is 4.96. The molecule has 6 heteroatoms. The van der Waals surface area contributed by atoms with Gasteiger partial charge in [0.15, 0.2) is 0 Å². The third-order valence-electron chi connectivity index (χ3n) is 3.40. The van der Waals surface area contributed by atoms with Crippen molar-refractivity contribution >= 4 is 34.8 Å². The van der Waals surface area contributed by atoms with Gasteiger partial charge in [0.1, 0.15) is 11.9 Å². The van der Waals surface area contributed by atoms with Gasteiger partial charge in [0.05, 0.1) is 12.1 Å². The Morgan fingerprint density at radius 1 is 1.14 bits per heavy atom. The normalized spacial score (nSPS) is 17.9. The molecule has 1 saturated heterocycles. The topological polar surface area (TPSA) is 49.4 Å². The number of nitrogens with one attached hydrogen (secondary N) is 1. The van der Waals surface area contributed by atoms with E-state index < -0.39 is 17.8 Å². The number of carbonyl (C=O) groups excluding carboxylic acids is 2. The van der Waals surface area contributed by atoms with E-state index in [1.807, 2.05) is 0 Å². The Labute approximate surface area is 131 Å². The summed E-state index contributed by atoms with van der Waals surface area (Å²) in [6, 6.07) is 11.6. The van der Waals surface area contributed by atoms with Crippen molar-refractivity contribution in [2.75, 3.05) is 10.2 Å². The molecule has 2 amide bonds. The molecule has 0 radical (unpaired) electrons. The predicted molar refractivity (Wildman–Crippen MR) is 82.4 cm³/mol. The van der Waals surface area contributed by atoms with Crippen LogP contribution in [0.25, 0.3) is 0 Å². The SMILES string of the molecule is O=C1CC(Nc2ccc(Cl)cc2)C(=O)N1c1cccc(F)c1. The molecule has 0 spiro atoms. The van der Waals surface area contributed by atoms with Gasteiger partial charge in [-0.3, -0.25) is 9.59 Å². The molecule has 1 unspecified atom stereocenters. The highest BCUT2D eigenvalue weighted by Gasteiger charge is 2.39. The molecule has 2 aromatic rings. The Morgan fingerprint density at radius 3 is 2.55 bits per heavy atom. The van der Waals surface area contributed by atoms with E-state index in [0.29, 0.717) is 10.7 Å². The number of halogens is 2. The standard InChI is InChI=1S/C16H12ClFN2O2/c17-10-4-6-12(7-5-10)19-14-9-15(21)20(16(14)22)13-3-1-2-11(18)8-13/h1-8,14,19H,9H2. The van der Waals surface area contributed by atoms with E-state index in [9.17, 15) is 14.0 Å². The molecule has 0 aliphatic carbocycles. The summed E-state index contributed by atoms with van der Waals surface area (Å²) in [6.45, 7) is 0. The highest BCUT2D eigenvalue weighted by Crippen LogP contribution is 2.25. The molecule has 4 nitrogen and oxygen atoms in total. The fraction of sp³-hybridized carbons (Fsp3) is 0.125.